The summed E-state index contributed by atoms with van der Waals surface area (Å²) in [6.07, 6.45) is 5.68. The van der Waals surface area contributed by atoms with Crippen molar-refractivity contribution in [2.45, 2.75) is 25.9 Å². The maximum absolute atomic E-state index is 13.8. The minimum Gasteiger partial charge on any atom is -0.477 e. The predicted octanol–water partition coefficient (Wildman–Crippen LogP) is 2.23. The van der Waals surface area contributed by atoms with Crippen molar-refractivity contribution in [1.29, 1.82) is 0 Å². The van der Waals surface area contributed by atoms with Crippen LogP contribution in [0.3, 0.4) is 0 Å². The van der Waals surface area contributed by atoms with Gasteiger partial charge in [0.2, 0.25) is 0 Å². The molecule has 0 saturated carbocycles. The SMILES string of the molecule is CC1=CC(COC2=CC(C)=C(C3=CC(C(=O)CNc4c(F)cccc4F)NN3C)CN2)NO1. The topological polar surface area (TPSA) is 86.9 Å². The van der Waals surface area contributed by atoms with Gasteiger partial charge in [-0.2, -0.15) is 0 Å². The van der Waals surface area contributed by atoms with Crippen LogP contribution in [0.2, 0.25) is 0 Å². The number of hydroxylamine groups is 1. The van der Waals surface area contributed by atoms with E-state index in [-0.39, 0.29) is 24.1 Å². The number of carbonyl (C=O) groups excluding carboxylic acids is 1. The minimum atomic E-state index is -0.739. The van der Waals surface area contributed by atoms with Gasteiger partial charge >= 0.3 is 0 Å². The van der Waals surface area contributed by atoms with Crippen molar-refractivity contribution < 1.29 is 23.1 Å². The van der Waals surface area contributed by atoms with Gasteiger partial charge in [-0.15, -0.1) is 5.48 Å². The molecular weight excluding hydrogens is 432 g/mol. The number of rotatable bonds is 8. The number of nitrogens with zero attached hydrogens (tertiary/aromatic N) is 1. The van der Waals surface area contributed by atoms with E-state index in [9.17, 15) is 13.6 Å². The molecule has 3 aliphatic heterocycles. The fraction of sp³-hybridized carbons (Fsp3) is 0.348. The van der Waals surface area contributed by atoms with Crippen molar-refractivity contribution in [3.63, 3.8) is 0 Å². The summed E-state index contributed by atoms with van der Waals surface area (Å²) in [5.74, 6) is -0.243. The number of hydrazine groups is 1. The highest BCUT2D eigenvalue weighted by molar-refractivity contribution is 5.90. The van der Waals surface area contributed by atoms with Crippen molar-refractivity contribution in [2.24, 2.45) is 0 Å². The fourth-order valence-corrected chi connectivity index (χ4v) is 3.82. The average Bonchev–Trinajstić information content (AvgIpc) is 3.37. The molecule has 3 aliphatic rings. The third kappa shape index (κ3) is 5.18. The van der Waals surface area contributed by atoms with E-state index in [4.69, 9.17) is 9.57 Å². The Kier molecular flexibility index (Phi) is 6.66. The van der Waals surface area contributed by atoms with Gasteiger partial charge in [-0.25, -0.2) is 14.2 Å². The molecule has 0 aromatic heterocycles. The number of para-hydroxylation sites is 1. The molecule has 0 radical (unpaired) electrons. The second kappa shape index (κ2) is 9.63. The Morgan fingerprint density at radius 1 is 1.27 bits per heavy atom. The molecule has 2 unspecified atom stereocenters. The first-order valence-electron chi connectivity index (χ1n) is 10.6. The summed E-state index contributed by atoms with van der Waals surface area (Å²) in [6.45, 7) is 4.59. The number of Topliss-reactive ketones (excluding diaryl/α,β-unsaturated/α-hetero) is 1. The lowest BCUT2D eigenvalue weighted by atomic mass is 10.0. The molecule has 8 nitrogen and oxygen atoms in total. The number of allylic oxidation sites excluding steroid dienone is 3. The fourth-order valence-electron chi connectivity index (χ4n) is 3.82. The van der Waals surface area contributed by atoms with E-state index in [1.165, 1.54) is 6.07 Å². The molecule has 3 heterocycles. The second-order valence-corrected chi connectivity index (χ2v) is 8.07. The zero-order chi connectivity index (χ0) is 23.5. The monoisotopic (exact) mass is 459 g/mol. The molecule has 4 rings (SSSR count). The number of anilines is 1. The molecule has 0 fully saturated rings. The summed E-state index contributed by atoms with van der Waals surface area (Å²) in [7, 11) is 1.82. The lowest BCUT2D eigenvalue weighted by Crippen LogP contribution is -2.41. The number of hydrogen-bond donors (Lipinski definition) is 4. The molecule has 0 amide bonds. The molecule has 0 spiro atoms. The van der Waals surface area contributed by atoms with Crippen LogP contribution >= 0.6 is 0 Å². The highest BCUT2D eigenvalue weighted by Crippen LogP contribution is 2.26. The summed E-state index contributed by atoms with van der Waals surface area (Å²) in [5.41, 5.74) is 8.53. The van der Waals surface area contributed by atoms with Gasteiger partial charge < -0.3 is 25.2 Å². The molecule has 1 aromatic carbocycles. The molecule has 0 bridgehead atoms. The number of carbonyl (C=O) groups is 1. The molecule has 1 aromatic rings. The zero-order valence-corrected chi connectivity index (χ0v) is 18.7. The van der Waals surface area contributed by atoms with Crippen LogP contribution in [-0.4, -0.2) is 49.6 Å². The van der Waals surface area contributed by atoms with Gasteiger partial charge in [-0.1, -0.05) is 6.07 Å². The van der Waals surface area contributed by atoms with Gasteiger partial charge in [0.05, 0.1) is 18.3 Å². The summed E-state index contributed by atoms with van der Waals surface area (Å²) in [5, 5.41) is 7.59. The van der Waals surface area contributed by atoms with Crippen molar-refractivity contribution in [2.75, 3.05) is 32.1 Å². The highest BCUT2D eigenvalue weighted by Gasteiger charge is 2.29. The van der Waals surface area contributed by atoms with Crippen LogP contribution in [-0.2, 0) is 14.4 Å². The largest absolute Gasteiger partial charge is 0.477 e. The number of ketones is 1. The molecule has 176 valence electrons. The Morgan fingerprint density at radius 3 is 2.70 bits per heavy atom. The first kappa shape index (κ1) is 22.8. The second-order valence-electron chi connectivity index (χ2n) is 8.07. The molecule has 0 aliphatic carbocycles. The summed E-state index contributed by atoms with van der Waals surface area (Å²) in [4.78, 5) is 17.9. The van der Waals surface area contributed by atoms with E-state index in [1.54, 1.807) is 5.01 Å². The van der Waals surface area contributed by atoms with Gasteiger partial charge in [-0.05, 0) is 49.3 Å². The van der Waals surface area contributed by atoms with Gasteiger partial charge in [0.1, 0.15) is 35.7 Å². The maximum Gasteiger partial charge on any atom is 0.187 e. The number of ether oxygens (including phenoxy) is 1. The summed E-state index contributed by atoms with van der Waals surface area (Å²) >= 11 is 0. The first-order valence-corrected chi connectivity index (χ1v) is 10.6. The van der Waals surface area contributed by atoms with E-state index in [2.05, 4.69) is 21.5 Å². The molecular formula is C23H27F2N5O3. The Labute approximate surface area is 190 Å². The molecule has 2 atom stereocenters. The lowest BCUT2D eigenvalue weighted by molar-refractivity contribution is -0.118. The van der Waals surface area contributed by atoms with Gasteiger partial charge in [0.15, 0.2) is 11.7 Å². The Hall–Kier alpha value is -3.37. The van der Waals surface area contributed by atoms with E-state index in [0.717, 1.165) is 34.7 Å². The Bertz CT molecular complexity index is 1050. The third-order valence-corrected chi connectivity index (χ3v) is 5.57. The lowest BCUT2D eigenvalue weighted by Gasteiger charge is -2.25. The number of likely N-dealkylation sites (N-methyl/N-ethyl adjacent to an activating group) is 1. The number of benzene rings is 1. The van der Waals surface area contributed by atoms with Crippen LogP contribution in [0.5, 0.6) is 0 Å². The summed E-state index contributed by atoms with van der Waals surface area (Å²) < 4.78 is 33.4. The van der Waals surface area contributed by atoms with Crippen LogP contribution in [0.25, 0.3) is 0 Å². The van der Waals surface area contributed by atoms with Crippen molar-refractivity contribution in [3.8, 4) is 0 Å². The van der Waals surface area contributed by atoms with Crippen molar-refractivity contribution in [3.05, 3.63) is 76.5 Å². The number of halogens is 2. The van der Waals surface area contributed by atoms with E-state index in [0.29, 0.717) is 19.0 Å². The quantitative estimate of drug-likeness (QED) is 0.471. The van der Waals surface area contributed by atoms with Crippen LogP contribution in [0.15, 0.2) is 64.9 Å². The molecule has 4 N–H and O–H groups in total. The maximum atomic E-state index is 13.8. The Balaban J connectivity index is 1.39. The predicted molar refractivity (Wildman–Crippen MR) is 119 cm³/mol. The molecule has 10 heteroatoms. The van der Waals surface area contributed by atoms with Gasteiger partial charge in [0, 0.05) is 19.7 Å². The van der Waals surface area contributed by atoms with Crippen LogP contribution in [0.4, 0.5) is 14.5 Å². The zero-order valence-electron chi connectivity index (χ0n) is 18.7. The number of nitrogens with one attached hydrogen (secondary N) is 4. The van der Waals surface area contributed by atoms with Gasteiger partial charge in [-0.3, -0.25) is 4.79 Å². The standard InChI is InChI=1S/C23H27F2N5O3/c1-13-7-22(32-12-15-8-14(2)33-29-15)26-10-16(13)20-9-19(28-30(20)3)21(31)11-27-23-17(24)5-4-6-18(23)25/h4-9,15,19,26-29H,10-12H2,1-3H3. The van der Waals surface area contributed by atoms with E-state index >= 15 is 0 Å². The van der Waals surface area contributed by atoms with E-state index in [1.807, 2.05) is 39.1 Å². The van der Waals surface area contributed by atoms with Crippen LogP contribution in [0, 0.1) is 11.6 Å². The van der Waals surface area contributed by atoms with Crippen LogP contribution in [0.1, 0.15) is 13.8 Å². The summed E-state index contributed by atoms with van der Waals surface area (Å²) in [6, 6.07) is 2.93. The van der Waals surface area contributed by atoms with Gasteiger partial charge in [0.25, 0.3) is 0 Å². The first-order chi connectivity index (χ1) is 15.8. The van der Waals surface area contributed by atoms with Crippen molar-refractivity contribution in [1.82, 2.24) is 21.2 Å². The molecule has 0 saturated heterocycles. The van der Waals surface area contributed by atoms with Crippen LogP contribution < -0.4 is 21.5 Å². The highest BCUT2D eigenvalue weighted by atomic mass is 19.1. The number of dihydropyridines is 1. The number of hydrogen-bond acceptors (Lipinski definition) is 8. The minimum absolute atomic E-state index is 0.00975. The smallest absolute Gasteiger partial charge is 0.187 e. The third-order valence-electron chi connectivity index (χ3n) is 5.57. The Morgan fingerprint density at radius 2 is 2.03 bits per heavy atom. The van der Waals surface area contributed by atoms with Crippen molar-refractivity contribution >= 4 is 11.5 Å². The molecule has 33 heavy (non-hydrogen) atoms. The normalized spacial score (nSPS) is 22.3. The average molecular weight is 459 g/mol. The van der Waals surface area contributed by atoms with E-state index < -0.39 is 17.7 Å².